The van der Waals surface area contributed by atoms with Gasteiger partial charge in [-0.25, -0.2) is 13.2 Å². The largest absolute Gasteiger partial charge is 0.495 e. The summed E-state index contributed by atoms with van der Waals surface area (Å²) in [6.07, 6.45) is 1.26. The van der Waals surface area contributed by atoms with Crippen molar-refractivity contribution in [2.24, 2.45) is 17.8 Å². The van der Waals surface area contributed by atoms with Crippen LogP contribution in [0.5, 0.6) is 5.75 Å². The second-order valence-corrected chi connectivity index (χ2v) is 16.2. The number of hydrogen-bond donors (Lipinski definition) is 3. The third-order valence-corrected chi connectivity index (χ3v) is 14.8. The van der Waals surface area contributed by atoms with Gasteiger partial charge in [0.05, 0.1) is 42.2 Å². The summed E-state index contributed by atoms with van der Waals surface area (Å²) in [5.41, 5.74) is -4.58. The van der Waals surface area contributed by atoms with Gasteiger partial charge in [-0.05, 0) is 56.9 Å². The summed E-state index contributed by atoms with van der Waals surface area (Å²) < 4.78 is 59.8. The van der Waals surface area contributed by atoms with E-state index in [1.807, 2.05) is 6.92 Å². The molecule has 3 saturated heterocycles. The number of sulfonamides is 1. The van der Waals surface area contributed by atoms with Gasteiger partial charge in [-0.3, -0.25) is 9.62 Å². The second-order valence-electron chi connectivity index (χ2n) is 14.5. The summed E-state index contributed by atoms with van der Waals surface area (Å²) in [4.78, 5) is 16.6. The first-order chi connectivity index (χ1) is 22.9. The maximum absolute atomic E-state index is 14.3. The van der Waals surface area contributed by atoms with Crippen LogP contribution < -0.4 is 9.46 Å². The van der Waals surface area contributed by atoms with Gasteiger partial charge in [-0.1, -0.05) is 24.3 Å². The Morgan fingerprint density at radius 3 is 2.40 bits per heavy atom. The van der Waals surface area contributed by atoms with Crippen LogP contribution in [0.2, 0.25) is 0 Å². The lowest BCUT2D eigenvalue weighted by Crippen LogP contribution is -2.82. The first kappa shape index (κ1) is 32.4. The number of carbonyl (C=O) groups excluding carboxylic acids is 1. The highest BCUT2D eigenvalue weighted by Gasteiger charge is 2.91. The molecule has 3 aliphatic heterocycles. The highest BCUT2D eigenvalue weighted by atomic mass is 32.2. The van der Waals surface area contributed by atoms with E-state index in [1.54, 1.807) is 57.7 Å². The molecule has 13 heteroatoms. The number of methoxy groups -OCH3 is 4. The van der Waals surface area contributed by atoms with Crippen LogP contribution in [-0.2, 0) is 29.0 Å². The van der Waals surface area contributed by atoms with Crippen molar-refractivity contribution in [3.05, 3.63) is 54.1 Å². The number of benzene rings is 2. The molecule has 1 spiro atoms. The lowest BCUT2D eigenvalue weighted by molar-refractivity contribution is -0.314. The molecule has 7 unspecified atom stereocenters. The highest BCUT2D eigenvalue weighted by Crippen LogP contribution is 2.77. The van der Waals surface area contributed by atoms with Gasteiger partial charge in [0.25, 0.3) is 10.0 Å². The molecular weight excluding hydrogens is 640 g/mol. The van der Waals surface area contributed by atoms with E-state index in [0.717, 1.165) is 0 Å². The van der Waals surface area contributed by atoms with Crippen molar-refractivity contribution in [2.75, 3.05) is 33.2 Å². The van der Waals surface area contributed by atoms with Gasteiger partial charge >= 0.3 is 5.97 Å². The normalized spacial score (nSPS) is 44.8. The van der Waals surface area contributed by atoms with Gasteiger partial charge in [0.1, 0.15) is 27.4 Å². The predicted molar refractivity (Wildman–Crippen MR) is 172 cm³/mol. The SMILES string of the molecule is COc1ccccc1S(=O)(=O)Nc1ccccc1C(=O)O[C@@]12CC[C@H](OC)C34C1CC(N3[C@H]2C)[C@@]1(O)CC(OC)C2CC4[C@]1(O)[C@H]2OC. The lowest BCUT2D eigenvalue weighted by Gasteiger charge is -2.64. The van der Waals surface area contributed by atoms with Gasteiger partial charge in [0.2, 0.25) is 0 Å². The maximum atomic E-state index is 14.3. The van der Waals surface area contributed by atoms with Gasteiger partial charge in [-0.2, -0.15) is 0 Å². The van der Waals surface area contributed by atoms with Crippen LogP contribution in [0.1, 0.15) is 49.4 Å². The van der Waals surface area contributed by atoms with Crippen LogP contribution in [0.3, 0.4) is 0 Å². The lowest BCUT2D eigenvalue weighted by atomic mass is 9.56. The van der Waals surface area contributed by atoms with Gasteiger partial charge < -0.3 is 33.9 Å². The fourth-order valence-electron chi connectivity index (χ4n) is 11.8. The summed E-state index contributed by atoms with van der Waals surface area (Å²) in [7, 11) is 2.20. The number of piperidine rings is 2. The molecule has 7 bridgehead atoms. The molecule has 2 aromatic rings. The van der Waals surface area contributed by atoms with Crippen LogP contribution in [0, 0.1) is 17.8 Å². The molecular formula is C35H44N2O10S. The average molecular weight is 685 g/mol. The van der Waals surface area contributed by atoms with E-state index >= 15 is 0 Å². The first-order valence-corrected chi connectivity index (χ1v) is 18.2. The van der Waals surface area contributed by atoms with Crippen LogP contribution >= 0.6 is 0 Å². The van der Waals surface area contributed by atoms with Crippen LogP contribution in [0.25, 0.3) is 0 Å². The summed E-state index contributed by atoms with van der Waals surface area (Å²) in [6.45, 7) is 2.04. The number of rotatable bonds is 9. The van der Waals surface area contributed by atoms with Crippen molar-refractivity contribution in [1.29, 1.82) is 0 Å². The Bertz CT molecular complexity index is 1760. The van der Waals surface area contributed by atoms with Crippen molar-refractivity contribution < 1.29 is 47.1 Å². The Labute approximate surface area is 280 Å². The number of aliphatic hydroxyl groups is 2. The number of anilines is 1. The molecule has 2 aromatic carbocycles. The van der Waals surface area contributed by atoms with E-state index < -0.39 is 56.4 Å². The number of ether oxygens (including phenoxy) is 5. The van der Waals surface area contributed by atoms with Gasteiger partial charge in [-0.15, -0.1) is 0 Å². The highest BCUT2D eigenvalue weighted by molar-refractivity contribution is 7.92. The average Bonchev–Trinajstić information content (AvgIpc) is 3.61. The number of hydrogen-bond acceptors (Lipinski definition) is 11. The van der Waals surface area contributed by atoms with Crippen molar-refractivity contribution in [2.45, 2.75) is 96.7 Å². The summed E-state index contributed by atoms with van der Waals surface area (Å²) in [6, 6.07) is 11.9. The minimum Gasteiger partial charge on any atom is -0.495 e. The standard InChI is InChI=1S/C35H44N2O10S/c1-19-32(47-31(38)20-10-6-7-11-22(20)36-48(41,42)25-13-9-8-12-23(25)43-2)15-14-29(45-4)34-26(32)17-28(37(19)34)33(39)18-24(44-3)21-16-27(34)35(33,40)30(21)46-5/h6-13,19,21,24,26-30,36,39-40H,14-18H2,1-5H3/t19-,21?,24?,26?,27?,28?,29-,30-,32+,33-,34?,35-/m0/s1. The van der Waals surface area contributed by atoms with E-state index in [1.165, 1.54) is 19.2 Å². The zero-order chi connectivity index (χ0) is 34.0. The topological polar surface area (TPSA) is 153 Å². The number of carbonyl (C=O) groups is 1. The molecule has 0 aromatic heterocycles. The molecule has 6 fully saturated rings. The van der Waals surface area contributed by atoms with E-state index in [0.29, 0.717) is 25.7 Å². The van der Waals surface area contributed by atoms with E-state index in [4.69, 9.17) is 23.7 Å². The molecule has 3 aliphatic carbocycles. The molecule has 8 rings (SSSR count). The quantitative estimate of drug-likeness (QED) is 0.334. The third kappa shape index (κ3) is 3.65. The molecule has 3 N–H and O–H groups in total. The molecule has 3 heterocycles. The molecule has 260 valence electrons. The number of nitrogens with one attached hydrogen (secondary N) is 1. The molecule has 13 atom stereocenters. The second kappa shape index (κ2) is 10.6. The Morgan fingerprint density at radius 1 is 0.958 bits per heavy atom. The molecule has 0 amide bonds. The summed E-state index contributed by atoms with van der Waals surface area (Å²) in [5, 5.41) is 25.5. The Morgan fingerprint density at radius 2 is 1.69 bits per heavy atom. The molecule has 0 radical (unpaired) electrons. The molecule has 6 aliphatic rings. The zero-order valence-corrected chi connectivity index (χ0v) is 28.6. The Hall–Kier alpha value is -2.78. The van der Waals surface area contributed by atoms with Crippen molar-refractivity contribution in [1.82, 2.24) is 4.90 Å². The predicted octanol–water partition coefficient (Wildman–Crippen LogP) is 2.58. The van der Waals surface area contributed by atoms with E-state index in [9.17, 15) is 23.4 Å². The number of para-hydroxylation sites is 2. The summed E-state index contributed by atoms with van der Waals surface area (Å²) >= 11 is 0. The third-order valence-electron chi connectivity index (χ3n) is 13.4. The van der Waals surface area contributed by atoms with Gasteiger partial charge in [0.15, 0.2) is 0 Å². The number of nitrogens with zero attached hydrogens (tertiary/aromatic N) is 1. The Kier molecular flexibility index (Phi) is 7.17. The first-order valence-electron chi connectivity index (χ1n) is 16.7. The van der Waals surface area contributed by atoms with E-state index in [-0.39, 0.29) is 58.4 Å². The van der Waals surface area contributed by atoms with Gasteiger partial charge in [0, 0.05) is 57.6 Å². The monoisotopic (exact) mass is 684 g/mol. The van der Waals surface area contributed by atoms with Crippen molar-refractivity contribution in [3.8, 4) is 5.75 Å². The summed E-state index contributed by atoms with van der Waals surface area (Å²) in [5.74, 6) is -1.28. The van der Waals surface area contributed by atoms with Crippen molar-refractivity contribution >= 4 is 21.7 Å². The zero-order valence-electron chi connectivity index (χ0n) is 27.8. The smallest absolute Gasteiger partial charge is 0.340 e. The molecule has 48 heavy (non-hydrogen) atoms. The number of fused-ring (bicyclic) bond motifs is 2. The minimum atomic E-state index is -4.13. The van der Waals surface area contributed by atoms with E-state index in [2.05, 4.69) is 9.62 Å². The molecule has 3 saturated carbocycles. The fraction of sp³-hybridized carbons (Fsp3) is 0.629. The van der Waals surface area contributed by atoms with Crippen molar-refractivity contribution in [3.63, 3.8) is 0 Å². The minimum absolute atomic E-state index is 0.0581. The van der Waals surface area contributed by atoms with Crippen LogP contribution in [-0.4, -0.2) is 111 Å². The maximum Gasteiger partial charge on any atom is 0.340 e. The van der Waals surface area contributed by atoms with Crippen LogP contribution in [0.4, 0.5) is 5.69 Å². The fourth-order valence-corrected chi connectivity index (χ4v) is 13.1. The van der Waals surface area contributed by atoms with Crippen LogP contribution in [0.15, 0.2) is 53.4 Å². The molecule has 12 nitrogen and oxygen atoms in total. The number of esters is 1. The Balaban J connectivity index is 1.18.